The molecule has 0 rings (SSSR count). The molecule has 91 heavy (non-hydrogen) atoms. The largest absolute Gasteiger partial charge is 0.472 e. The fourth-order valence-corrected chi connectivity index (χ4v) is 12.6. The van der Waals surface area contributed by atoms with Gasteiger partial charge in [0.1, 0.15) is 19.3 Å². The number of carbonyl (C=O) groups excluding carboxylic acids is 4. The van der Waals surface area contributed by atoms with Crippen LogP contribution in [0, 0.1) is 0 Å². The Kier molecular flexibility index (Phi) is 65.2. The average molecular weight is 1340 g/mol. The van der Waals surface area contributed by atoms with Crippen LogP contribution in [0.2, 0.25) is 0 Å². The maximum Gasteiger partial charge on any atom is 0.472 e. The standard InChI is InChI=1S/C72H140O17P2/c1-5-9-13-17-21-25-29-31-33-34-36-39-43-47-51-55-59-72(77)89-68(63-83-70(75)57-53-49-45-41-38-35-32-30-26-22-18-14-10-6-2)65-87-91(80,81)85-61-66(73)60-84-90(78,79)86-64-67(62-82-69(74)56-52-48-44-40-28-24-20-16-12-8-4)88-71(76)58-54-50-46-42-37-27-23-19-15-11-7-3/h66-68,73H,5-65H2,1-4H3,(H,78,79)(H,80,81)/t66-,67+,68+/m0/s1. The normalized spacial score (nSPS) is 14.0. The maximum atomic E-state index is 13.0. The molecule has 17 nitrogen and oxygen atoms in total. The van der Waals surface area contributed by atoms with Crippen molar-refractivity contribution in [1.82, 2.24) is 0 Å². The molecule has 0 heterocycles. The van der Waals surface area contributed by atoms with E-state index in [0.29, 0.717) is 25.7 Å². The molecule has 0 spiro atoms. The number of hydrogen-bond acceptors (Lipinski definition) is 15. The summed E-state index contributed by atoms with van der Waals surface area (Å²) in [5.41, 5.74) is 0. The van der Waals surface area contributed by atoms with E-state index >= 15 is 0 Å². The third-order valence-electron chi connectivity index (χ3n) is 16.9. The summed E-state index contributed by atoms with van der Waals surface area (Å²) in [4.78, 5) is 72.6. The van der Waals surface area contributed by atoms with Gasteiger partial charge in [-0.15, -0.1) is 0 Å². The number of carbonyl (C=O) groups is 4. The van der Waals surface area contributed by atoms with E-state index < -0.39 is 97.5 Å². The highest BCUT2D eigenvalue weighted by Crippen LogP contribution is 2.45. The van der Waals surface area contributed by atoms with Crippen LogP contribution in [0.4, 0.5) is 0 Å². The van der Waals surface area contributed by atoms with Gasteiger partial charge in [0.2, 0.25) is 0 Å². The Morgan fingerprint density at radius 2 is 0.440 bits per heavy atom. The molecule has 3 N–H and O–H groups in total. The first kappa shape index (κ1) is 89.1. The molecular weight excluding hydrogens is 1200 g/mol. The summed E-state index contributed by atoms with van der Waals surface area (Å²) in [6, 6.07) is 0. The quantitative estimate of drug-likeness (QED) is 0.0222. The van der Waals surface area contributed by atoms with Gasteiger partial charge < -0.3 is 33.8 Å². The fourth-order valence-electron chi connectivity index (χ4n) is 11.0. The van der Waals surface area contributed by atoms with Gasteiger partial charge in [-0.3, -0.25) is 37.3 Å². The molecule has 0 amide bonds. The van der Waals surface area contributed by atoms with Gasteiger partial charge in [0, 0.05) is 25.7 Å². The van der Waals surface area contributed by atoms with E-state index in [4.69, 9.17) is 37.0 Å². The zero-order valence-corrected chi connectivity index (χ0v) is 60.6. The second-order valence-corrected chi connectivity index (χ2v) is 28.9. The van der Waals surface area contributed by atoms with Crippen LogP contribution >= 0.6 is 15.6 Å². The van der Waals surface area contributed by atoms with Crippen molar-refractivity contribution in [2.24, 2.45) is 0 Å². The highest BCUT2D eigenvalue weighted by Gasteiger charge is 2.30. The van der Waals surface area contributed by atoms with Crippen molar-refractivity contribution in [3.63, 3.8) is 0 Å². The second kappa shape index (κ2) is 66.7. The molecule has 0 saturated heterocycles. The number of aliphatic hydroxyl groups is 1. The molecule has 0 fully saturated rings. The lowest BCUT2D eigenvalue weighted by Crippen LogP contribution is -2.30. The van der Waals surface area contributed by atoms with Gasteiger partial charge in [0.05, 0.1) is 26.4 Å². The molecule has 0 bridgehead atoms. The molecule has 0 aliphatic carbocycles. The lowest BCUT2D eigenvalue weighted by Gasteiger charge is -2.21. The van der Waals surface area contributed by atoms with Crippen molar-refractivity contribution in [3.05, 3.63) is 0 Å². The molecule has 0 saturated carbocycles. The van der Waals surface area contributed by atoms with Gasteiger partial charge >= 0.3 is 39.5 Å². The third-order valence-corrected chi connectivity index (χ3v) is 18.8. The molecule has 2 unspecified atom stereocenters. The summed E-state index contributed by atoms with van der Waals surface area (Å²) >= 11 is 0. The second-order valence-electron chi connectivity index (χ2n) is 26.0. The van der Waals surface area contributed by atoms with Gasteiger partial charge in [-0.1, -0.05) is 329 Å². The first-order valence-corrected chi connectivity index (χ1v) is 40.8. The molecule has 0 aromatic carbocycles. The van der Waals surface area contributed by atoms with Crippen LogP contribution in [0.1, 0.15) is 381 Å². The van der Waals surface area contributed by atoms with E-state index in [-0.39, 0.29) is 25.7 Å². The highest BCUT2D eigenvalue weighted by molar-refractivity contribution is 7.47. The minimum Gasteiger partial charge on any atom is -0.462 e. The highest BCUT2D eigenvalue weighted by atomic mass is 31.2. The molecule has 540 valence electrons. The Balaban J connectivity index is 5.23. The predicted molar refractivity (Wildman–Crippen MR) is 368 cm³/mol. The summed E-state index contributed by atoms with van der Waals surface area (Å²) in [6.45, 7) is 4.96. The van der Waals surface area contributed by atoms with E-state index in [1.165, 1.54) is 212 Å². The molecule has 0 aliphatic rings. The van der Waals surface area contributed by atoms with E-state index in [1.54, 1.807) is 0 Å². The minimum atomic E-state index is -4.95. The SMILES string of the molecule is CCCCCCCCCCCCCCCCCCC(=O)O[C@H](COC(=O)CCCCCCCCCCCCCCCC)COP(=O)(O)OC[C@@H](O)COP(=O)(O)OC[C@@H](COC(=O)CCCCCCCCCCCC)OC(=O)CCCCCCCCCCCCC. The molecule has 19 heteroatoms. The number of esters is 4. The van der Waals surface area contributed by atoms with E-state index in [1.807, 2.05) is 0 Å². The summed E-state index contributed by atoms with van der Waals surface area (Å²) in [6.07, 6.45) is 55.3. The number of rotatable bonds is 73. The summed E-state index contributed by atoms with van der Waals surface area (Å²) in [5, 5.41) is 10.6. The van der Waals surface area contributed by atoms with E-state index in [2.05, 4.69) is 27.7 Å². The van der Waals surface area contributed by atoms with Crippen LogP contribution in [0.5, 0.6) is 0 Å². The van der Waals surface area contributed by atoms with Crippen LogP contribution in [-0.2, 0) is 65.4 Å². The maximum absolute atomic E-state index is 13.0. The Morgan fingerprint density at radius 3 is 0.648 bits per heavy atom. The average Bonchev–Trinajstić information content (AvgIpc) is 3.70. The van der Waals surface area contributed by atoms with Crippen LogP contribution < -0.4 is 0 Å². The number of phosphoric acid groups is 2. The Labute approximate surface area is 556 Å². The monoisotopic (exact) mass is 1340 g/mol. The van der Waals surface area contributed by atoms with Crippen molar-refractivity contribution in [2.75, 3.05) is 39.6 Å². The van der Waals surface area contributed by atoms with Crippen LogP contribution in [-0.4, -0.2) is 96.7 Å². The summed E-state index contributed by atoms with van der Waals surface area (Å²) in [7, 11) is -9.90. The zero-order chi connectivity index (χ0) is 66.8. The van der Waals surface area contributed by atoms with Crippen LogP contribution in [0.15, 0.2) is 0 Å². The lowest BCUT2D eigenvalue weighted by molar-refractivity contribution is -0.161. The topological polar surface area (TPSA) is 237 Å². The number of phosphoric ester groups is 2. The van der Waals surface area contributed by atoms with Gasteiger partial charge in [-0.25, -0.2) is 9.13 Å². The predicted octanol–water partition coefficient (Wildman–Crippen LogP) is 21.1. The minimum absolute atomic E-state index is 0.108. The van der Waals surface area contributed by atoms with Crippen molar-refractivity contribution in [3.8, 4) is 0 Å². The molecule has 0 aromatic heterocycles. The van der Waals surface area contributed by atoms with Crippen molar-refractivity contribution in [1.29, 1.82) is 0 Å². The van der Waals surface area contributed by atoms with Gasteiger partial charge in [-0.2, -0.15) is 0 Å². The van der Waals surface area contributed by atoms with Crippen LogP contribution in [0.3, 0.4) is 0 Å². The first-order chi connectivity index (χ1) is 44.2. The fraction of sp³-hybridized carbons (Fsp3) is 0.944. The van der Waals surface area contributed by atoms with Gasteiger partial charge in [0.15, 0.2) is 12.2 Å². The van der Waals surface area contributed by atoms with E-state index in [9.17, 15) is 43.2 Å². The summed E-state index contributed by atoms with van der Waals surface area (Å²) in [5.74, 6) is -2.12. The summed E-state index contributed by atoms with van der Waals surface area (Å²) < 4.78 is 68.4. The third kappa shape index (κ3) is 66.5. The molecule has 0 aliphatic heterocycles. The Bertz CT molecular complexity index is 1740. The molecule has 0 radical (unpaired) electrons. The number of ether oxygens (including phenoxy) is 4. The number of hydrogen-bond donors (Lipinski definition) is 3. The lowest BCUT2D eigenvalue weighted by atomic mass is 10.0. The number of unbranched alkanes of at least 4 members (excludes halogenated alkanes) is 47. The molecule has 0 aromatic rings. The zero-order valence-electron chi connectivity index (χ0n) is 58.8. The van der Waals surface area contributed by atoms with E-state index in [0.717, 1.165) is 89.9 Å². The van der Waals surface area contributed by atoms with Crippen LogP contribution in [0.25, 0.3) is 0 Å². The smallest absolute Gasteiger partial charge is 0.462 e. The Morgan fingerprint density at radius 1 is 0.264 bits per heavy atom. The molecular formula is C72H140O17P2. The van der Waals surface area contributed by atoms with Crippen molar-refractivity contribution in [2.45, 2.75) is 399 Å². The Hall–Kier alpha value is -1.94. The first-order valence-electron chi connectivity index (χ1n) is 37.8. The molecule has 5 atom stereocenters. The number of aliphatic hydroxyl groups excluding tert-OH is 1. The van der Waals surface area contributed by atoms with Gasteiger partial charge in [-0.05, 0) is 25.7 Å². The van der Waals surface area contributed by atoms with Gasteiger partial charge in [0.25, 0.3) is 0 Å². The van der Waals surface area contributed by atoms with Crippen molar-refractivity contribution >= 4 is 39.5 Å². The van der Waals surface area contributed by atoms with Crippen molar-refractivity contribution < 1.29 is 80.2 Å².